The zero-order valence-electron chi connectivity index (χ0n) is 10.8. The van der Waals surface area contributed by atoms with E-state index in [-0.39, 0.29) is 11.7 Å². The fourth-order valence-corrected chi connectivity index (χ4v) is 3.68. The lowest BCUT2D eigenvalue weighted by Crippen LogP contribution is -2.13. The van der Waals surface area contributed by atoms with Gasteiger partial charge in [-0.2, -0.15) is 10.3 Å². The van der Waals surface area contributed by atoms with Crippen LogP contribution >= 0.6 is 34.9 Å². The Morgan fingerprint density at radius 3 is 3.10 bits per heavy atom. The van der Waals surface area contributed by atoms with Crippen molar-refractivity contribution >= 4 is 45.9 Å². The molecule has 1 amide bonds. The third-order valence-corrected chi connectivity index (χ3v) is 5.08. The van der Waals surface area contributed by atoms with Crippen LogP contribution in [0.25, 0.3) is 0 Å². The standard InChI is InChI=1S/C10H14N6OS3/c1-2-3-4-18-10-15-14-9(20-10)12-7(17)6-19-8-5-11-16-13-8/h5H,2-4,6H2,1H3,(H,11,13,16)(H,12,14,17). The van der Waals surface area contributed by atoms with E-state index in [2.05, 4.69) is 37.8 Å². The summed E-state index contributed by atoms with van der Waals surface area (Å²) in [4.78, 5) is 11.7. The minimum Gasteiger partial charge on any atom is -0.300 e. The van der Waals surface area contributed by atoms with E-state index in [4.69, 9.17) is 0 Å². The van der Waals surface area contributed by atoms with Crippen molar-refractivity contribution in [1.82, 2.24) is 25.6 Å². The Labute approximate surface area is 128 Å². The minimum atomic E-state index is -0.126. The summed E-state index contributed by atoms with van der Waals surface area (Å²) in [5.74, 6) is 1.17. The lowest BCUT2D eigenvalue weighted by Gasteiger charge is -1.98. The van der Waals surface area contributed by atoms with Gasteiger partial charge < -0.3 is 0 Å². The summed E-state index contributed by atoms with van der Waals surface area (Å²) in [6.45, 7) is 2.15. The topological polar surface area (TPSA) is 96.5 Å². The molecule has 10 heteroatoms. The van der Waals surface area contributed by atoms with Gasteiger partial charge >= 0.3 is 0 Å². The molecule has 2 aromatic heterocycles. The van der Waals surface area contributed by atoms with E-state index in [9.17, 15) is 4.79 Å². The zero-order chi connectivity index (χ0) is 14.2. The molecule has 0 atom stereocenters. The quantitative estimate of drug-likeness (QED) is 0.435. The van der Waals surface area contributed by atoms with Gasteiger partial charge in [0.05, 0.1) is 11.9 Å². The first-order valence-corrected chi connectivity index (χ1v) is 8.81. The largest absolute Gasteiger partial charge is 0.300 e. The third kappa shape index (κ3) is 5.10. The summed E-state index contributed by atoms with van der Waals surface area (Å²) < 4.78 is 0.887. The Bertz CT molecular complexity index is 529. The van der Waals surface area contributed by atoms with Crippen LogP contribution in [-0.4, -0.2) is 43.0 Å². The Balaban J connectivity index is 1.73. The number of aromatic amines is 1. The van der Waals surface area contributed by atoms with Gasteiger partial charge in [-0.05, 0) is 6.42 Å². The maximum Gasteiger partial charge on any atom is 0.236 e. The first-order valence-electron chi connectivity index (χ1n) is 6.02. The third-order valence-electron chi connectivity index (χ3n) is 2.12. The minimum absolute atomic E-state index is 0.126. The number of carbonyl (C=O) groups is 1. The Morgan fingerprint density at radius 2 is 2.35 bits per heavy atom. The van der Waals surface area contributed by atoms with Crippen molar-refractivity contribution in [3.05, 3.63) is 6.20 Å². The molecular formula is C10H14N6OS3. The molecule has 0 spiro atoms. The smallest absolute Gasteiger partial charge is 0.236 e. The highest BCUT2D eigenvalue weighted by atomic mass is 32.2. The van der Waals surface area contributed by atoms with Crippen LogP contribution in [0.5, 0.6) is 0 Å². The SMILES string of the molecule is CCCCSc1nnc(NC(=O)CSc2cn[nH]n2)s1. The lowest BCUT2D eigenvalue weighted by atomic mass is 10.4. The maximum absolute atomic E-state index is 11.7. The zero-order valence-corrected chi connectivity index (χ0v) is 13.3. The highest BCUT2D eigenvalue weighted by molar-refractivity contribution is 8.01. The molecule has 0 saturated carbocycles. The van der Waals surface area contributed by atoms with E-state index in [1.54, 1.807) is 18.0 Å². The van der Waals surface area contributed by atoms with Crippen molar-refractivity contribution in [2.75, 3.05) is 16.8 Å². The van der Waals surface area contributed by atoms with Crippen LogP contribution in [0.2, 0.25) is 0 Å². The van der Waals surface area contributed by atoms with Crippen LogP contribution in [0.15, 0.2) is 15.6 Å². The number of aromatic nitrogens is 5. The van der Waals surface area contributed by atoms with Gasteiger partial charge in [-0.3, -0.25) is 10.1 Å². The van der Waals surface area contributed by atoms with E-state index >= 15 is 0 Å². The van der Waals surface area contributed by atoms with Crippen molar-refractivity contribution in [2.24, 2.45) is 0 Å². The lowest BCUT2D eigenvalue weighted by molar-refractivity contribution is -0.113. The van der Waals surface area contributed by atoms with Gasteiger partial charge in [-0.15, -0.1) is 15.3 Å². The van der Waals surface area contributed by atoms with Crippen LogP contribution in [0.1, 0.15) is 19.8 Å². The summed E-state index contributed by atoms with van der Waals surface area (Å²) in [5.41, 5.74) is 0. The van der Waals surface area contributed by atoms with Gasteiger partial charge in [0.15, 0.2) is 4.34 Å². The number of unbranched alkanes of at least 4 members (excludes halogenated alkanes) is 1. The van der Waals surface area contributed by atoms with E-state index in [0.717, 1.165) is 22.9 Å². The summed E-state index contributed by atoms with van der Waals surface area (Å²) >= 11 is 4.38. The molecule has 2 aromatic rings. The van der Waals surface area contributed by atoms with Gasteiger partial charge in [0.1, 0.15) is 5.03 Å². The van der Waals surface area contributed by atoms with Crippen LogP contribution in [0, 0.1) is 0 Å². The van der Waals surface area contributed by atoms with Gasteiger partial charge in [-0.1, -0.05) is 48.2 Å². The average molecular weight is 330 g/mol. The number of nitrogens with one attached hydrogen (secondary N) is 2. The van der Waals surface area contributed by atoms with E-state index in [0.29, 0.717) is 10.2 Å². The van der Waals surface area contributed by atoms with Gasteiger partial charge in [0.25, 0.3) is 0 Å². The number of hydrogen-bond donors (Lipinski definition) is 2. The number of rotatable bonds is 8. The highest BCUT2D eigenvalue weighted by Crippen LogP contribution is 2.26. The highest BCUT2D eigenvalue weighted by Gasteiger charge is 2.09. The van der Waals surface area contributed by atoms with Crippen LogP contribution < -0.4 is 5.32 Å². The van der Waals surface area contributed by atoms with Crippen LogP contribution in [0.4, 0.5) is 5.13 Å². The molecule has 0 radical (unpaired) electrons. The summed E-state index contributed by atoms with van der Waals surface area (Å²) in [6.07, 6.45) is 3.89. The molecule has 108 valence electrons. The van der Waals surface area contributed by atoms with Crippen LogP contribution in [-0.2, 0) is 4.79 Å². The molecule has 20 heavy (non-hydrogen) atoms. The second-order valence-electron chi connectivity index (χ2n) is 3.72. The Morgan fingerprint density at radius 1 is 1.45 bits per heavy atom. The Hall–Kier alpha value is -1.13. The van der Waals surface area contributed by atoms with Crippen LogP contribution in [0.3, 0.4) is 0 Å². The number of thioether (sulfide) groups is 2. The molecule has 0 saturated heterocycles. The van der Waals surface area contributed by atoms with Crippen molar-refractivity contribution in [1.29, 1.82) is 0 Å². The average Bonchev–Trinajstić information content (AvgIpc) is 3.08. The molecule has 0 unspecified atom stereocenters. The summed E-state index contributed by atoms with van der Waals surface area (Å²) in [7, 11) is 0. The van der Waals surface area contributed by atoms with Crippen molar-refractivity contribution in [3.63, 3.8) is 0 Å². The van der Waals surface area contributed by atoms with Crippen molar-refractivity contribution < 1.29 is 4.79 Å². The van der Waals surface area contributed by atoms with Crippen molar-refractivity contribution in [2.45, 2.75) is 29.1 Å². The Kier molecular flexibility index (Phi) is 6.27. The molecule has 2 N–H and O–H groups in total. The number of amides is 1. The molecule has 0 aliphatic carbocycles. The van der Waals surface area contributed by atoms with Gasteiger partial charge in [-0.25, -0.2) is 0 Å². The molecule has 0 fully saturated rings. The summed E-state index contributed by atoms with van der Waals surface area (Å²) in [6, 6.07) is 0. The maximum atomic E-state index is 11.7. The van der Waals surface area contributed by atoms with E-state index in [1.165, 1.54) is 23.1 Å². The normalized spacial score (nSPS) is 10.7. The van der Waals surface area contributed by atoms with Crippen molar-refractivity contribution in [3.8, 4) is 0 Å². The van der Waals surface area contributed by atoms with E-state index < -0.39 is 0 Å². The molecule has 0 aromatic carbocycles. The van der Waals surface area contributed by atoms with E-state index in [1.807, 2.05) is 0 Å². The predicted octanol–water partition coefficient (Wildman–Crippen LogP) is 2.28. The summed E-state index contributed by atoms with van der Waals surface area (Å²) in [5, 5.41) is 22.0. The van der Waals surface area contributed by atoms with Gasteiger partial charge in [0, 0.05) is 5.75 Å². The molecular weight excluding hydrogens is 316 g/mol. The van der Waals surface area contributed by atoms with Gasteiger partial charge in [0.2, 0.25) is 11.0 Å². The number of H-pyrrole nitrogens is 1. The first kappa shape index (κ1) is 15.3. The molecule has 7 nitrogen and oxygen atoms in total. The molecule has 2 rings (SSSR count). The number of anilines is 1. The predicted molar refractivity (Wildman–Crippen MR) is 81.3 cm³/mol. The molecule has 2 heterocycles. The molecule has 0 aliphatic rings. The second-order valence-corrected chi connectivity index (χ2v) is 7.04. The number of hydrogen-bond acceptors (Lipinski definition) is 8. The molecule has 0 aliphatic heterocycles. The second kappa shape index (κ2) is 8.22. The monoisotopic (exact) mass is 330 g/mol. The fraction of sp³-hybridized carbons (Fsp3) is 0.500. The molecule has 0 bridgehead atoms. The number of carbonyl (C=O) groups excluding carboxylic acids is 1. The fourth-order valence-electron chi connectivity index (χ4n) is 1.18. The number of nitrogens with zero attached hydrogens (tertiary/aromatic N) is 4. The first-order chi connectivity index (χ1) is 9.78.